The van der Waals surface area contributed by atoms with Gasteiger partial charge in [0.25, 0.3) is 0 Å². The van der Waals surface area contributed by atoms with Gasteiger partial charge in [-0.1, -0.05) is 106 Å². The minimum Gasteiger partial charge on any atom is -0.347 e. The van der Waals surface area contributed by atoms with Gasteiger partial charge in [-0.15, -0.1) is 0 Å². The van der Waals surface area contributed by atoms with Crippen molar-refractivity contribution >= 4 is 22.5 Å². The van der Waals surface area contributed by atoms with Gasteiger partial charge >= 0.3 is 0 Å². The molecule has 44 heavy (non-hydrogen) atoms. The standard InChI is InChI=1S/C42H56N2/c1(3-13-27-43-29-39-33-17-7-5-15-31(33)23-25-35(39)37-19-9-11-21-41(37)43)2-4-14-28-44-30-40-34-18-8-6-16-32(34)24-26-36(40)38-20-10-12-22-42(38)44/h5,7,9,11,15,17,21,23,25,29,32,34,36,38,40,42H,1-4,6,8,10,12-14,16,18-20,22,24,26-28,30H2. The Morgan fingerprint density at radius 2 is 1.45 bits per heavy atom. The predicted molar refractivity (Wildman–Crippen MR) is 186 cm³/mol. The number of hydrogen-bond donors (Lipinski definition) is 0. The summed E-state index contributed by atoms with van der Waals surface area (Å²) in [4.78, 5) is 5.64. The molecule has 4 aliphatic carbocycles. The van der Waals surface area contributed by atoms with Crippen LogP contribution in [-0.4, -0.2) is 35.5 Å². The number of hydrogen-bond acceptors (Lipinski definition) is 2. The van der Waals surface area contributed by atoms with Crippen LogP contribution >= 0.6 is 0 Å². The lowest BCUT2D eigenvalue weighted by atomic mass is 9.55. The molecule has 0 bridgehead atoms. The van der Waals surface area contributed by atoms with Crippen LogP contribution in [-0.2, 0) is 0 Å². The molecule has 2 aliphatic heterocycles. The van der Waals surface area contributed by atoms with Gasteiger partial charge in [-0.05, 0) is 115 Å². The molecular formula is C42H56N2. The quantitative estimate of drug-likeness (QED) is 0.270. The van der Waals surface area contributed by atoms with Crippen LogP contribution in [0.25, 0.3) is 22.5 Å². The van der Waals surface area contributed by atoms with Crippen molar-refractivity contribution in [1.82, 2.24) is 9.80 Å². The van der Waals surface area contributed by atoms with Crippen LogP contribution in [0.5, 0.6) is 0 Å². The number of rotatable bonds is 9. The zero-order chi connectivity index (χ0) is 29.3. The number of nitrogens with zero attached hydrogens (tertiary/aromatic N) is 2. The van der Waals surface area contributed by atoms with E-state index in [0.29, 0.717) is 0 Å². The van der Waals surface area contributed by atoms with Gasteiger partial charge in [0.05, 0.1) is 0 Å². The smallest absolute Gasteiger partial charge is 0.0448 e. The third-order valence-electron chi connectivity index (χ3n) is 13.2. The van der Waals surface area contributed by atoms with E-state index in [-0.39, 0.29) is 0 Å². The third kappa shape index (κ3) is 5.63. The summed E-state index contributed by atoms with van der Waals surface area (Å²) in [5.41, 5.74) is 2.94. The molecule has 4 fully saturated rings. The summed E-state index contributed by atoms with van der Waals surface area (Å²) >= 11 is 0. The largest absolute Gasteiger partial charge is 0.347 e. The first-order chi connectivity index (χ1) is 21.8. The Labute approximate surface area is 267 Å². The van der Waals surface area contributed by atoms with Crippen molar-refractivity contribution in [2.45, 2.75) is 115 Å². The van der Waals surface area contributed by atoms with Crippen LogP contribution in [0.3, 0.4) is 0 Å². The second kappa shape index (κ2) is 13.2. The number of likely N-dealkylation sites (tertiary alicyclic amines) is 1. The fraction of sp³-hybridized carbons (Fsp3) is 0.619. The highest BCUT2D eigenvalue weighted by molar-refractivity contribution is 5.86. The molecule has 8 rings (SSSR count). The summed E-state index contributed by atoms with van der Waals surface area (Å²) in [6, 6.07) is 14.5. The summed E-state index contributed by atoms with van der Waals surface area (Å²) in [6.07, 6.45) is 34.1. The summed E-state index contributed by atoms with van der Waals surface area (Å²) in [7, 11) is 0. The Bertz CT molecular complexity index is 1500. The van der Waals surface area contributed by atoms with Crippen molar-refractivity contribution in [3.63, 3.8) is 0 Å². The SMILES string of the molecule is C1=CCC2=c3ccc4ccccc4c3=CN(CCCCCCCCN3CC4C5CCCCC5CCC4C4CCCCC43)C2=C1. The van der Waals surface area contributed by atoms with Crippen molar-refractivity contribution in [3.05, 3.63) is 70.8 Å². The van der Waals surface area contributed by atoms with Crippen LogP contribution in [0.4, 0.5) is 0 Å². The zero-order valence-electron chi connectivity index (χ0n) is 27.3. The van der Waals surface area contributed by atoms with Gasteiger partial charge in [-0.25, -0.2) is 0 Å². The van der Waals surface area contributed by atoms with Gasteiger partial charge in [-0.3, -0.25) is 4.90 Å². The Hall–Kier alpha value is -2.32. The number of allylic oxidation sites excluding steroid dienone is 4. The van der Waals surface area contributed by atoms with E-state index in [0.717, 1.165) is 48.6 Å². The molecule has 0 amide bonds. The molecule has 0 aromatic heterocycles. The van der Waals surface area contributed by atoms with E-state index < -0.39 is 0 Å². The molecule has 2 heteroatoms. The van der Waals surface area contributed by atoms with Gasteiger partial charge in [0.2, 0.25) is 0 Å². The van der Waals surface area contributed by atoms with Gasteiger partial charge < -0.3 is 4.90 Å². The maximum absolute atomic E-state index is 3.07. The molecule has 2 aromatic rings. The lowest BCUT2D eigenvalue weighted by Gasteiger charge is -2.58. The van der Waals surface area contributed by atoms with Gasteiger partial charge in [0.15, 0.2) is 0 Å². The Morgan fingerprint density at radius 1 is 0.659 bits per heavy atom. The number of benzene rings is 2. The van der Waals surface area contributed by atoms with Crippen LogP contribution in [0.2, 0.25) is 0 Å². The minimum atomic E-state index is 0.929. The summed E-state index contributed by atoms with van der Waals surface area (Å²) in [5.74, 6) is 5.31. The molecule has 0 spiro atoms. The average molecular weight is 589 g/mol. The zero-order valence-corrected chi connectivity index (χ0v) is 27.3. The van der Waals surface area contributed by atoms with Gasteiger partial charge in [-0.2, -0.15) is 0 Å². The normalized spacial score (nSPS) is 31.3. The number of piperidine rings is 1. The first kappa shape index (κ1) is 29.1. The fourth-order valence-electron chi connectivity index (χ4n) is 11.1. The van der Waals surface area contributed by atoms with Crippen molar-refractivity contribution in [2.24, 2.45) is 29.6 Å². The van der Waals surface area contributed by atoms with Gasteiger partial charge in [0, 0.05) is 36.2 Å². The van der Waals surface area contributed by atoms with E-state index in [9.17, 15) is 0 Å². The van der Waals surface area contributed by atoms with E-state index in [2.05, 4.69) is 70.6 Å². The molecule has 0 radical (unpaired) electrons. The van der Waals surface area contributed by atoms with Crippen LogP contribution in [0, 0.1) is 29.6 Å². The van der Waals surface area contributed by atoms with E-state index in [1.807, 2.05) is 0 Å². The van der Waals surface area contributed by atoms with Gasteiger partial charge in [0.1, 0.15) is 0 Å². The third-order valence-corrected chi connectivity index (χ3v) is 13.2. The van der Waals surface area contributed by atoms with Crippen molar-refractivity contribution in [1.29, 1.82) is 0 Å². The number of unbranched alkanes of at least 4 members (excludes halogenated alkanes) is 5. The highest BCUT2D eigenvalue weighted by Gasteiger charge is 2.50. The molecule has 6 aliphatic rings. The molecule has 6 atom stereocenters. The molecule has 3 saturated carbocycles. The van der Waals surface area contributed by atoms with E-state index in [1.54, 1.807) is 32.1 Å². The lowest BCUT2D eigenvalue weighted by Crippen LogP contribution is -2.58. The van der Waals surface area contributed by atoms with E-state index >= 15 is 0 Å². The Morgan fingerprint density at radius 3 is 2.39 bits per heavy atom. The molecule has 234 valence electrons. The summed E-state index contributed by atoms with van der Waals surface area (Å²) in [5, 5.41) is 5.59. The summed E-state index contributed by atoms with van der Waals surface area (Å²) in [6.45, 7) is 3.98. The molecule has 0 N–H and O–H groups in total. The first-order valence-electron chi connectivity index (χ1n) is 19.0. The lowest BCUT2D eigenvalue weighted by molar-refractivity contribution is -0.0830. The average Bonchev–Trinajstić information content (AvgIpc) is 3.09. The number of fused-ring (bicyclic) bond motifs is 9. The van der Waals surface area contributed by atoms with Crippen LogP contribution in [0.1, 0.15) is 109 Å². The van der Waals surface area contributed by atoms with Crippen LogP contribution in [0.15, 0.2) is 60.3 Å². The first-order valence-corrected chi connectivity index (χ1v) is 19.0. The highest BCUT2D eigenvalue weighted by atomic mass is 15.2. The van der Waals surface area contributed by atoms with Crippen molar-refractivity contribution in [2.75, 3.05) is 19.6 Å². The monoisotopic (exact) mass is 588 g/mol. The predicted octanol–water partition coefficient (Wildman–Crippen LogP) is 8.94. The molecular weight excluding hydrogens is 532 g/mol. The molecule has 6 unspecified atom stereocenters. The van der Waals surface area contributed by atoms with Crippen molar-refractivity contribution < 1.29 is 0 Å². The minimum absolute atomic E-state index is 0.929. The second-order valence-corrected chi connectivity index (χ2v) is 15.5. The second-order valence-electron chi connectivity index (χ2n) is 15.5. The fourth-order valence-corrected chi connectivity index (χ4v) is 11.1. The highest BCUT2D eigenvalue weighted by Crippen LogP contribution is 2.54. The summed E-state index contributed by atoms with van der Waals surface area (Å²) < 4.78 is 0. The topological polar surface area (TPSA) is 6.48 Å². The molecule has 2 heterocycles. The van der Waals surface area contributed by atoms with Crippen LogP contribution < -0.4 is 10.4 Å². The maximum atomic E-state index is 3.07. The Kier molecular flexibility index (Phi) is 8.73. The maximum Gasteiger partial charge on any atom is 0.0448 e. The molecule has 1 saturated heterocycles. The van der Waals surface area contributed by atoms with Crippen molar-refractivity contribution in [3.8, 4) is 0 Å². The molecule has 2 aromatic carbocycles. The van der Waals surface area contributed by atoms with E-state index in [1.165, 1.54) is 116 Å². The Balaban J connectivity index is 0.832. The molecule has 2 nitrogen and oxygen atoms in total. The van der Waals surface area contributed by atoms with E-state index in [4.69, 9.17) is 0 Å².